The van der Waals surface area contributed by atoms with Crippen LogP contribution in [0.5, 0.6) is 0 Å². The molecule has 1 aliphatic carbocycles. The van der Waals surface area contributed by atoms with Crippen LogP contribution in [0, 0.1) is 5.41 Å². The number of carbonyl (C=O) groups is 1. The monoisotopic (exact) mass is 352 g/mol. The second-order valence-corrected chi connectivity index (χ2v) is 7.19. The highest BCUT2D eigenvalue weighted by Gasteiger charge is 2.33. The van der Waals surface area contributed by atoms with E-state index >= 15 is 0 Å². The standard InChI is InChI=1S/C17H19F3N4O/c1-16(2,3)15(25)22-12-4-5-13-11(12)9-24(23-13)10-6-7-21-14(8-10)17(18,19)20/h6-9,12H,4-5H2,1-3H3,(H,22,25)/t12-/m0/s1. The zero-order valence-electron chi connectivity index (χ0n) is 14.2. The number of carbonyl (C=O) groups excluding carboxylic acids is 1. The van der Waals surface area contributed by atoms with Crippen LogP contribution in [0.25, 0.3) is 5.69 Å². The number of aromatic nitrogens is 3. The summed E-state index contributed by atoms with van der Waals surface area (Å²) >= 11 is 0. The molecule has 0 aromatic carbocycles. The molecule has 0 saturated carbocycles. The molecule has 2 heterocycles. The molecule has 1 atom stereocenters. The maximum Gasteiger partial charge on any atom is 0.433 e. The maximum absolute atomic E-state index is 12.8. The zero-order valence-corrected chi connectivity index (χ0v) is 14.2. The van der Waals surface area contributed by atoms with E-state index in [0.29, 0.717) is 6.42 Å². The second kappa shape index (κ2) is 5.86. The van der Waals surface area contributed by atoms with Crippen molar-refractivity contribution in [3.8, 4) is 5.69 Å². The van der Waals surface area contributed by atoms with Crippen LogP contribution in [0.3, 0.4) is 0 Å². The number of halogens is 3. The van der Waals surface area contributed by atoms with E-state index in [4.69, 9.17) is 0 Å². The van der Waals surface area contributed by atoms with Crippen LogP contribution >= 0.6 is 0 Å². The normalized spacial score (nSPS) is 17.4. The minimum atomic E-state index is -4.50. The number of pyridine rings is 1. The predicted octanol–water partition coefficient (Wildman–Crippen LogP) is 3.44. The Morgan fingerprint density at radius 2 is 2.04 bits per heavy atom. The molecule has 0 spiro atoms. The van der Waals surface area contributed by atoms with Crippen molar-refractivity contribution < 1.29 is 18.0 Å². The van der Waals surface area contributed by atoms with E-state index in [1.807, 2.05) is 20.8 Å². The Morgan fingerprint density at radius 1 is 1.32 bits per heavy atom. The molecule has 0 radical (unpaired) electrons. The first-order chi connectivity index (χ1) is 11.6. The maximum atomic E-state index is 12.8. The number of fused-ring (bicyclic) bond motifs is 1. The van der Waals surface area contributed by atoms with Crippen molar-refractivity contribution in [1.29, 1.82) is 0 Å². The fourth-order valence-electron chi connectivity index (χ4n) is 2.72. The Hall–Kier alpha value is -2.38. The highest BCUT2D eigenvalue weighted by Crippen LogP contribution is 2.33. The van der Waals surface area contributed by atoms with Gasteiger partial charge in [-0.3, -0.25) is 9.78 Å². The number of aryl methyl sites for hydroxylation is 1. The van der Waals surface area contributed by atoms with Crippen molar-refractivity contribution in [2.75, 3.05) is 0 Å². The molecule has 5 nitrogen and oxygen atoms in total. The summed E-state index contributed by atoms with van der Waals surface area (Å²) < 4.78 is 39.9. The molecule has 0 bridgehead atoms. The lowest BCUT2D eigenvalue weighted by Gasteiger charge is -2.21. The molecule has 1 aliphatic rings. The molecule has 2 aromatic rings. The molecular weight excluding hydrogens is 333 g/mol. The van der Waals surface area contributed by atoms with Gasteiger partial charge in [-0.2, -0.15) is 18.3 Å². The van der Waals surface area contributed by atoms with Crippen molar-refractivity contribution in [2.45, 2.75) is 45.8 Å². The van der Waals surface area contributed by atoms with Gasteiger partial charge in [0.2, 0.25) is 5.91 Å². The number of nitrogens with one attached hydrogen (secondary N) is 1. The molecule has 0 unspecified atom stereocenters. The second-order valence-electron chi connectivity index (χ2n) is 7.19. The molecule has 25 heavy (non-hydrogen) atoms. The molecule has 8 heteroatoms. The average Bonchev–Trinajstić information content (AvgIpc) is 3.07. The van der Waals surface area contributed by atoms with Crippen LogP contribution in [0.15, 0.2) is 24.5 Å². The summed E-state index contributed by atoms with van der Waals surface area (Å²) in [6.45, 7) is 5.49. The number of hydrogen-bond acceptors (Lipinski definition) is 3. The summed E-state index contributed by atoms with van der Waals surface area (Å²) in [5, 5.41) is 7.36. The van der Waals surface area contributed by atoms with E-state index < -0.39 is 17.3 Å². The first-order valence-corrected chi connectivity index (χ1v) is 7.99. The summed E-state index contributed by atoms with van der Waals surface area (Å²) in [4.78, 5) is 15.5. The van der Waals surface area contributed by atoms with E-state index in [-0.39, 0.29) is 17.6 Å². The van der Waals surface area contributed by atoms with Crippen molar-refractivity contribution in [3.05, 3.63) is 41.5 Å². The predicted molar refractivity (Wildman–Crippen MR) is 85.0 cm³/mol. The zero-order chi connectivity index (χ0) is 18.4. The van der Waals surface area contributed by atoms with Crippen molar-refractivity contribution in [2.24, 2.45) is 5.41 Å². The summed E-state index contributed by atoms with van der Waals surface area (Å²) in [5.41, 5.74) is 0.467. The Kier molecular flexibility index (Phi) is 4.09. The minimum Gasteiger partial charge on any atom is -0.349 e. The highest BCUT2D eigenvalue weighted by molar-refractivity contribution is 5.81. The van der Waals surface area contributed by atoms with E-state index in [0.717, 1.165) is 29.9 Å². The molecule has 0 saturated heterocycles. The van der Waals surface area contributed by atoms with E-state index in [1.54, 1.807) is 6.20 Å². The molecule has 1 amide bonds. The highest BCUT2D eigenvalue weighted by atomic mass is 19.4. The van der Waals surface area contributed by atoms with Gasteiger partial charge in [0, 0.05) is 23.4 Å². The van der Waals surface area contributed by atoms with Gasteiger partial charge in [-0.05, 0) is 25.0 Å². The smallest absolute Gasteiger partial charge is 0.349 e. The van der Waals surface area contributed by atoms with Gasteiger partial charge in [-0.25, -0.2) is 4.68 Å². The number of alkyl halides is 3. The van der Waals surface area contributed by atoms with Gasteiger partial charge >= 0.3 is 6.18 Å². The first kappa shape index (κ1) is 17.4. The van der Waals surface area contributed by atoms with E-state index in [2.05, 4.69) is 15.4 Å². The number of amides is 1. The summed E-state index contributed by atoms with van der Waals surface area (Å²) in [5.74, 6) is -0.0682. The fraction of sp³-hybridized carbons (Fsp3) is 0.471. The van der Waals surface area contributed by atoms with Crippen LogP contribution in [0.4, 0.5) is 13.2 Å². The molecule has 2 aromatic heterocycles. The van der Waals surface area contributed by atoms with Crippen LogP contribution in [-0.2, 0) is 17.4 Å². The third kappa shape index (κ3) is 3.52. The SMILES string of the molecule is CC(C)(C)C(=O)N[C@H]1CCc2nn(-c3ccnc(C(F)(F)F)c3)cc21. The lowest BCUT2D eigenvalue weighted by molar-refractivity contribution is -0.141. The van der Waals surface area contributed by atoms with Gasteiger partial charge in [0.25, 0.3) is 0 Å². The lowest BCUT2D eigenvalue weighted by Crippen LogP contribution is -2.36. The van der Waals surface area contributed by atoms with Crippen LogP contribution in [0.2, 0.25) is 0 Å². The first-order valence-electron chi connectivity index (χ1n) is 7.99. The van der Waals surface area contributed by atoms with Crippen LogP contribution < -0.4 is 5.32 Å². The molecule has 0 fully saturated rings. The Morgan fingerprint density at radius 3 is 2.68 bits per heavy atom. The summed E-state index contributed by atoms with van der Waals surface area (Å²) in [6, 6.07) is 2.27. The number of nitrogens with zero attached hydrogens (tertiary/aromatic N) is 3. The van der Waals surface area contributed by atoms with Gasteiger partial charge in [-0.1, -0.05) is 20.8 Å². The van der Waals surface area contributed by atoms with Crippen LogP contribution in [0.1, 0.15) is 50.2 Å². The Balaban J connectivity index is 1.87. The quantitative estimate of drug-likeness (QED) is 0.901. The van der Waals surface area contributed by atoms with Crippen molar-refractivity contribution in [3.63, 3.8) is 0 Å². The van der Waals surface area contributed by atoms with Gasteiger partial charge in [0.1, 0.15) is 5.69 Å². The van der Waals surface area contributed by atoms with Gasteiger partial charge in [0.15, 0.2) is 0 Å². The Bertz CT molecular complexity index is 805. The molecule has 1 N–H and O–H groups in total. The number of rotatable bonds is 2. The lowest BCUT2D eigenvalue weighted by atomic mass is 9.95. The Labute approximate surface area is 143 Å². The minimum absolute atomic E-state index is 0.0682. The van der Waals surface area contributed by atoms with Gasteiger partial charge in [0.05, 0.1) is 17.4 Å². The fourth-order valence-corrected chi connectivity index (χ4v) is 2.72. The summed E-state index contributed by atoms with van der Waals surface area (Å²) in [6.07, 6.45) is -0.288. The summed E-state index contributed by atoms with van der Waals surface area (Å²) in [7, 11) is 0. The van der Waals surface area contributed by atoms with Crippen LogP contribution in [-0.4, -0.2) is 20.7 Å². The molecule has 0 aliphatic heterocycles. The van der Waals surface area contributed by atoms with E-state index in [1.165, 1.54) is 10.7 Å². The third-order valence-corrected chi connectivity index (χ3v) is 4.15. The number of hydrogen-bond donors (Lipinski definition) is 1. The van der Waals surface area contributed by atoms with Crippen molar-refractivity contribution in [1.82, 2.24) is 20.1 Å². The van der Waals surface area contributed by atoms with Gasteiger partial charge in [-0.15, -0.1) is 0 Å². The molecular formula is C17H19F3N4O. The third-order valence-electron chi connectivity index (χ3n) is 4.15. The topological polar surface area (TPSA) is 59.8 Å². The molecule has 134 valence electrons. The van der Waals surface area contributed by atoms with Gasteiger partial charge < -0.3 is 5.32 Å². The largest absolute Gasteiger partial charge is 0.433 e. The average molecular weight is 352 g/mol. The van der Waals surface area contributed by atoms with E-state index in [9.17, 15) is 18.0 Å². The molecule has 3 rings (SSSR count). The van der Waals surface area contributed by atoms with Crippen molar-refractivity contribution >= 4 is 5.91 Å².